The van der Waals surface area contributed by atoms with Crippen LogP contribution in [0, 0.1) is 5.41 Å². The molecule has 1 aromatic heterocycles. The lowest BCUT2D eigenvalue weighted by Gasteiger charge is -2.35. The summed E-state index contributed by atoms with van der Waals surface area (Å²) in [7, 11) is 0. The van der Waals surface area contributed by atoms with Crippen molar-refractivity contribution in [2.75, 3.05) is 6.54 Å². The first kappa shape index (κ1) is 12.6. The fourth-order valence-corrected chi connectivity index (χ4v) is 3.14. The van der Waals surface area contributed by atoms with E-state index in [-0.39, 0.29) is 5.54 Å². The van der Waals surface area contributed by atoms with Gasteiger partial charge in [0, 0.05) is 30.7 Å². The van der Waals surface area contributed by atoms with Crippen LogP contribution in [0.3, 0.4) is 0 Å². The summed E-state index contributed by atoms with van der Waals surface area (Å²) in [5.74, 6) is 0. The molecule has 17 heavy (non-hydrogen) atoms. The lowest BCUT2D eigenvalue weighted by molar-refractivity contribution is 0.210. The Hall–Kier alpha value is -0.830. The number of hydrogen-bond donors (Lipinski definition) is 1. The highest BCUT2D eigenvalue weighted by Crippen LogP contribution is 2.34. The number of nitrogens with one attached hydrogen (secondary N) is 1. The Morgan fingerprint density at radius 2 is 2.00 bits per heavy atom. The highest BCUT2D eigenvalue weighted by atomic mass is 15.1. The Bertz CT molecular complexity index is 396. The van der Waals surface area contributed by atoms with E-state index in [1.807, 2.05) is 6.33 Å². The molecule has 0 aliphatic carbocycles. The van der Waals surface area contributed by atoms with Crippen molar-refractivity contribution < 1.29 is 0 Å². The molecule has 1 aliphatic rings. The van der Waals surface area contributed by atoms with Crippen molar-refractivity contribution in [3.63, 3.8) is 0 Å². The van der Waals surface area contributed by atoms with Gasteiger partial charge in [0.1, 0.15) is 0 Å². The molecule has 0 aromatic carbocycles. The molecule has 0 radical (unpaired) electrons. The summed E-state index contributed by atoms with van der Waals surface area (Å²) in [4.78, 5) is 4.55. The molecule has 0 spiro atoms. The molecule has 2 rings (SSSR count). The van der Waals surface area contributed by atoms with Gasteiger partial charge in [-0.05, 0) is 25.7 Å². The van der Waals surface area contributed by atoms with Gasteiger partial charge in [-0.25, -0.2) is 4.98 Å². The molecule has 1 N–H and O–H groups in total. The van der Waals surface area contributed by atoms with Gasteiger partial charge in [-0.1, -0.05) is 20.8 Å². The average molecular weight is 235 g/mol. The summed E-state index contributed by atoms with van der Waals surface area (Å²) in [5, 5.41) is 3.38. The molecule has 96 valence electrons. The molecule has 1 aromatic rings. The van der Waals surface area contributed by atoms with Crippen LogP contribution in [0.5, 0.6) is 0 Å². The van der Waals surface area contributed by atoms with Gasteiger partial charge in [0.15, 0.2) is 0 Å². The second-order valence-electron chi connectivity index (χ2n) is 6.98. The van der Waals surface area contributed by atoms with Crippen LogP contribution in [0.25, 0.3) is 0 Å². The van der Waals surface area contributed by atoms with Gasteiger partial charge in [-0.2, -0.15) is 0 Å². The summed E-state index contributed by atoms with van der Waals surface area (Å²) < 4.78 is 2.40. The van der Waals surface area contributed by atoms with Crippen molar-refractivity contribution in [2.24, 2.45) is 5.41 Å². The third-order valence-electron chi connectivity index (χ3n) is 3.40. The SMILES string of the molecule is CC(C)(C)CC(C)(C)n1cnc2c1CCNC2. The van der Waals surface area contributed by atoms with Gasteiger partial charge in [0.2, 0.25) is 0 Å². The van der Waals surface area contributed by atoms with Crippen LogP contribution in [0.15, 0.2) is 6.33 Å². The van der Waals surface area contributed by atoms with E-state index in [9.17, 15) is 0 Å². The Labute approximate surface area is 105 Å². The Kier molecular flexibility index (Phi) is 3.06. The van der Waals surface area contributed by atoms with E-state index < -0.39 is 0 Å². The zero-order chi connectivity index (χ0) is 12.7. The Balaban J connectivity index is 2.30. The zero-order valence-corrected chi connectivity index (χ0v) is 11.8. The van der Waals surface area contributed by atoms with E-state index in [0.717, 1.165) is 25.9 Å². The minimum absolute atomic E-state index is 0.149. The third kappa shape index (κ3) is 2.71. The van der Waals surface area contributed by atoms with Gasteiger partial charge in [-0.15, -0.1) is 0 Å². The van der Waals surface area contributed by atoms with Crippen LogP contribution in [0.4, 0.5) is 0 Å². The van der Waals surface area contributed by atoms with Gasteiger partial charge < -0.3 is 9.88 Å². The number of nitrogens with zero attached hydrogens (tertiary/aromatic N) is 2. The molecule has 0 atom stereocenters. The number of imidazole rings is 1. The van der Waals surface area contributed by atoms with Gasteiger partial charge in [-0.3, -0.25) is 0 Å². The molecule has 3 nitrogen and oxygen atoms in total. The maximum atomic E-state index is 4.55. The predicted molar refractivity (Wildman–Crippen MR) is 71.0 cm³/mol. The summed E-state index contributed by atoms with van der Waals surface area (Å²) in [5.41, 5.74) is 3.15. The summed E-state index contributed by atoms with van der Waals surface area (Å²) >= 11 is 0. The molecule has 3 heteroatoms. The van der Waals surface area contributed by atoms with Crippen LogP contribution in [-0.2, 0) is 18.5 Å². The largest absolute Gasteiger partial charge is 0.329 e. The Morgan fingerprint density at radius 3 is 2.65 bits per heavy atom. The molecule has 0 amide bonds. The smallest absolute Gasteiger partial charge is 0.0957 e. The molecule has 0 saturated heterocycles. The standard InChI is InChI=1S/C14H25N3/c1-13(2,3)9-14(4,5)17-10-16-11-8-15-7-6-12(11)17/h10,15H,6-9H2,1-5H3. The highest BCUT2D eigenvalue weighted by Gasteiger charge is 2.30. The maximum absolute atomic E-state index is 4.55. The zero-order valence-electron chi connectivity index (χ0n) is 11.8. The van der Waals surface area contributed by atoms with E-state index >= 15 is 0 Å². The first-order chi connectivity index (χ1) is 7.80. The van der Waals surface area contributed by atoms with Gasteiger partial charge >= 0.3 is 0 Å². The van der Waals surface area contributed by atoms with Crippen LogP contribution >= 0.6 is 0 Å². The molecule has 0 unspecified atom stereocenters. The molecule has 1 aliphatic heterocycles. The first-order valence-electron chi connectivity index (χ1n) is 6.56. The van der Waals surface area contributed by atoms with Crippen LogP contribution < -0.4 is 5.32 Å². The van der Waals surface area contributed by atoms with E-state index in [0.29, 0.717) is 5.41 Å². The predicted octanol–water partition coefficient (Wildman–Crippen LogP) is 2.70. The number of aromatic nitrogens is 2. The minimum Gasteiger partial charge on any atom is -0.329 e. The van der Waals surface area contributed by atoms with Crippen molar-refractivity contribution >= 4 is 0 Å². The third-order valence-corrected chi connectivity index (χ3v) is 3.40. The van der Waals surface area contributed by atoms with E-state index in [1.54, 1.807) is 0 Å². The van der Waals surface area contributed by atoms with Crippen molar-refractivity contribution in [1.29, 1.82) is 0 Å². The second kappa shape index (κ2) is 4.13. The molecule has 0 bridgehead atoms. The van der Waals surface area contributed by atoms with Crippen LogP contribution in [0.1, 0.15) is 52.4 Å². The topological polar surface area (TPSA) is 29.9 Å². The normalized spacial score (nSPS) is 17.0. The minimum atomic E-state index is 0.149. The number of fused-ring (bicyclic) bond motifs is 1. The lowest BCUT2D eigenvalue weighted by atomic mass is 9.81. The molecule has 0 saturated carbocycles. The second-order valence-corrected chi connectivity index (χ2v) is 6.98. The molecule has 2 heterocycles. The van der Waals surface area contributed by atoms with Crippen LogP contribution in [0.2, 0.25) is 0 Å². The highest BCUT2D eigenvalue weighted by molar-refractivity contribution is 5.18. The van der Waals surface area contributed by atoms with E-state index in [1.165, 1.54) is 11.4 Å². The van der Waals surface area contributed by atoms with Gasteiger partial charge in [0.05, 0.1) is 12.0 Å². The van der Waals surface area contributed by atoms with Crippen LogP contribution in [-0.4, -0.2) is 16.1 Å². The van der Waals surface area contributed by atoms with E-state index in [2.05, 4.69) is 49.5 Å². The lowest BCUT2D eigenvalue weighted by Crippen LogP contribution is -2.34. The summed E-state index contributed by atoms with van der Waals surface area (Å²) in [6.45, 7) is 13.6. The number of rotatable bonds is 2. The monoisotopic (exact) mass is 235 g/mol. The number of hydrogen-bond acceptors (Lipinski definition) is 2. The van der Waals surface area contributed by atoms with Crippen molar-refractivity contribution in [3.8, 4) is 0 Å². The molecule has 0 fully saturated rings. The van der Waals surface area contributed by atoms with Crippen molar-refractivity contribution in [3.05, 3.63) is 17.7 Å². The van der Waals surface area contributed by atoms with Gasteiger partial charge in [0.25, 0.3) is 0 Å². The Morgan fingerprint density at radius 1 is 1.29 bits per heavy atom. The van der Waals surface area contributed by atoms with Crippen molar-refractivity contribution in [2.45, 2.75) is 59.5 Å². The quantitative estimate of drug-likeness (QED) is 0.854. The average Bonchev–Trinajstić information content (AvgIpc) is 2.57. The summed E-state index contributed by atoms with van der Waals surface area (Å²) in [6.07, 6.45) is 4.29. The first-order valence-corrected chi connectivity index (χ1v) is 6.56. The fourth-order valence-electron chi connectivity index (χ4n) is 3.14. The fraction of sp³-hybridized carbons (Fsp3) is 0.786. The molecular weight excluding hydrogens is 210 g/mol. The van der Waals surface area contributed by atoms with Crippen molar-refractivity contribution in [1.82, 2.24) is 14.9 Å². The van der Waals surface area contributed by atoms with E-state index in [4.69, 9.17) is 0 Å². The maximum Gasteiger partial charge on any atom is 0.0957 e. The summed E-state index contributed by atoms with van der Waals surface area (Å²) in [6, 6.07) is 0. The molecular formula is C14H25N3.